The lowest BCUT2D eigenvalue weighted by Crippen LogP contribution is -2.14. The molecule has 0 aromatic heterocycles. The Balaban J connectivity index is 2.17. The molecular weight excluding hydrogens is 162 g/mol. The highest BCUT2D eigenvalue weighted by Gasteiger charge is 2.49. The molecule has 1 unspecified atom stereocenters. The fourth-order valence-electron chi connectivity index (χ4n) is 1.49. The third kappa shape index (κ3) is 1.49. The zero-order valence-corrected chi connectivity index (χ0v) is 7.87. The van der Waals surface area contributed by atoms with Crippen LogP contribution in [0.2, 0.25) is 0 Å². The van der Waals surface area contributed by atoms with E-state index in [4.69, 9.17) is 0 Å². The minimum atomic E-state index is -0.00702. The topological polar surface area (TPSA) is 39.0 Å². The van der Waals surface area contributed by atoms with Gasteiger partial charge < -0.3 is 0 Å². The molecule has 0 aliphatic carbocycles. The van der Waals surface area contributed by atoms with E-state index in [0.717, 1.165) is 5.56 Å². The summed E-state index contributed by atoms with van der Waals surface area (Å²) in [7, 11) is 0. The summed E-state index contributed by atoms with van der Waals surface area (Å²) in [5.41, 5.74) is 0.790. The van der Waals surface area contributed by atoms with Crippen LogP contribution in [0, 0.1) is 0 Å². The Morgan fingerprint density at radius 1 is 1.31 bits per heavy atom. The fourth-order valence-corrected chi connectivity index (χ4v) is 1.49. The highest BCUT2D eigenvalue weighted by Crippen LogP contribution is 2.27. The van der Waals surface area contributed by atoms with Gasteiger partial charge in [-0.1, -0.05) is 30.3 Å². The lowest BCUT2D eigenvalue weighted by atomic mass is 10.0. The number of rotatable bonds is 2. The van der Waals surface area contributed by atoms with Crippen LogP contribution in [0.1, 0.15) is 24.2 Å². The normalized spacial score (nSPS) is 24.0. The van der Waals surface area contributed by atoms with E-state index in [1.54, 1.807) is 0 Å². The van der Waals surface area contributed by atoms with Gasteiger partial charge in [0.2, 0.25) is 0 Å². The van der Waals surface area contributed by atoms with Gasteiger partial charge in [-0.2, -0.15) is 0 Å². The molecule has 1 N–H and O–H groups in total. The molecule has 1 aromatic carbocycles. The molecule has 1 atom stereocenters. The van der Waals surface area contributed by atoms with E-state index in [-0.39, 0.29) is 17.4 Å². The van der Waals surface area contributed by atoms with Crippen LogP contribution in [-0.2, 0) is 0 Å². The van der Waals surface area contributed by atoms with Crippen LogP contribution in [0.5, 0.6) is 0 Å². The molecule has 1 aromatic rings. The SMILES string of the molecule is CC1(C)NC1C(=O)c1ccccc1. The monoisotopic (exact) mass is 175 g/mol. The van der Waals surface area contributed by atoms with E-state index in [2.05, 4.69) is 5.32 Å². The Hall–Kier alpha value is -1.15. The quantitative estimate of drug-likeness (QED) is 0.548. The van der Waals surface area contributed by atoms with Gasteiger partial charge >= 0.3 is 0 Å². The van der Waals surface area contributed by atoms with Crippen molar-refractivity contribution < 1.29 is 4.79 Å². The maximum Gasteiger partial charge on any atom is 0.181 e. The van der Waals surface area contributed by atoms with E-state index < -0.39 is 0 Å². The molecule has 0 saturated carbocycles. The first-order valence-corrected chi connectivity index (χ1v) is 4.48. The highest BCUT2D eigenvalue weighted by atomic mass is 16.1. The average molecular weight is 175 g/mol. The van der Waals surface area contributed by atoms with Crippen molar-refractivity contribution in [2.45, 2.75) is 25.4 Å². The van der Waals surface area contributed by atoms with Crippen LogP contribution < -0.4 is 5.32 Å². The predicted molar refractivity (Wildman–Crippen MR) is 51.8 cm³/mol. The summed E-state index contributed by atoms with van der Waals surface area (Å²) >= 11 is 0. The number of hydrogen-bond donors (Lipinski definition) is 1. The average Bonchev–Trinajstić information content (AvgIpc) is 2.76. The molecule has 68 valence electrons. The molecule has 0 radical (unpaired) electrons. The zero-order chi connectivity index (χ0) is 9.47. The molecule has 0 bridgehead atoms. The van der Waals surface area contributed by atoms with Crippen molar-refractivity contribution in [1.82, 2.24) is 5.32 Å². The standard InChI is InChI=1S/C11H13NO/c1-11(2)10(12-11)9(13)8-6-4-3-5-7-8/h3-7,10,12H,1-2H3. The Labute approximate surface area is 78.0 Å². The van der Waals surface area contributed by atoms with Gasteiger partial charge in [0.25, 0.3) is 0 Å². The summed E-state index contributed by atoms with van der Waals surface area (Å²) in [6.45, 7) is 4.08. The van der Waals surface area contributed by atoms with Gasteiger partial charge in [0, 0.05) is 11.1 Å². The van der Waals surface area contributed by atoms with Crippen LogP contribution in [0.4, 0.5) is 0 Å². The number of hydrogen-bond acceptors (Lipinski definition) is 2. The molecule has 0 amide bonds. The van der Waals surface area contributed by atoms with Crippen LogP contribution in [0.25, 0.3) is 0 Å². The molecule has 2 heteroatoms. The van der Waals surface area contributed by atoms with Crippen LogP contribution in [0.3, 0.4) is 0 Å². The summed E-state index contributed by atoms with van der Waals surface area (Å²) in [5.74, 6) is 0.200. The van der Waals surface area contributed by atoms with E-state index in [0.29, 0.717) is 0 Å². The number of carbonyl (C=O) groups excluding carboxylic acids is 1. The summed E-state index contributed by atoms with van der Waals surface area (Å²) < 4.78 is 0. The Kier molecular flexibility index (Phi) is 1.74. The molecule has 13 heavy (non-hydrogen) atoms. The smallest absolute Gasteiger partial charge is 0.181 e. The summed E-state index contributed by atoms with van der Waals surface area (Å²) in [6.07, 6.45) is 0. The first kappa shape index (κ1) is 8.45. The second-order valence-electron chi connectivity index (χ2n) is 4.03. The third-order valence-electron chi connectivity index (χ3n) is 2.48. The molecule has 1 aliphatic rings. The molecule has 2 nitrogen and oxygen atoms in total. The summed E-state index contributed by atoms with van der Waals surface area (Å²) in [4.78, 5) is 11.8. The minimum absolute atomic E-state index is 0.00702. The van der Waals surface area contributed by atoms with Crippen molar-refractivity contribution >= 4 is 5.78 Å². The van der Waals surface area contributed by atoms with Gasteiger partial charge in [-0.3, -0.25) is 10.1 Å². The molecule has 1 aliphatic heterocycles. The van der Waals surface area contributed by atoms with Crippen LogP contribution in [-0.4, -0.2) is 17.4 Å². The van der Waals surface area contributed by atoms with Crippen molar-refractivity contribution in [2.24, 2.45) is 0 Å². The second-order valence-corrected chi connectivity index (χ2v) is 4.03. The lowest BCUT2D eigenvalue weighted by molar-refractivity contribution is 0.0985. The predicted octanol–water partition coefficient (Wildman–Crippen LogP) is 1.62. The van der Waals surface area contributed by atoms with E-state index >= 15 is 0 Å². The fraction of sp³-hybridized carbons (Fsp3) is 0.364. The maximum atomic E-state index is 11.8. The third-order valence-corrected chi connectivity index (χ3v) is 2.48. The van der Waals surface area contributed by atoms with Crippen LogP contribution >= 0.6 is 0 Å². The van der Waals surface area contributed by atoms with Crippen molar-refractivity contribution in [3.8, 4) is 0 Å². The van der Waals surface area contributed by atoms with Gasteiger partial charge in [-0.05, 0) is 13.8 Å². The highest BCUT2D eigenvalue weighted by molar-refractivity contribution is 6.03. The van der Waals surface area contributed by atoms with Crippen LogP contribution in [0.15, 0.2) is 30.3 Å². The number of nitrogens with one attached hydrogen (secondary N) is 1. The van der Waals surface area contributed by atoms with Crippen molar-refractivity contribution in [1.29, 1.82) is 0 Å². The molecule has 1 fully saturated rings. The molecule has 0 spiro atoms. The molecule has 1 saturated heterocycles. The second kappa shape index (κ2) is 2.67. The Morgan fingerprint density at radius 3 is 2.31 bits per heavy atom. The summed E-state index contributed by atoms with van der Waals surface area (Å²) in [5, 5.41) is 3.16. The molecule has 2 rings (SSSR count). The summed E-state index contributed by atoms with van der Waals surface area (Å²) in [6, 6.07) is 9.43. The Morgan fingerprint density at radius 2 is 1.85 bits per heavy atom. The maximum absolute atomic E-state index is 11.8. The first-order valence-electron chi connectivity index (χ1n) is 4.48. The van der Waals surface area contributed by atoms with Gasteiger partial charge in [0.05, 0.1) is 6.04 Å². The van der Waals surface area contributed by atoms with E-state index in [1.807, 2.05) is 44.2 Å². The number of Topliss-reactive ketones (excluding diaryl/α,β-unsaturated/α-hetero) is 1. The Bertz CT molecular complexity index is 329. The van der Waals surface area contributed by atoms with Crippen molar-refractivity contribution in [2.75, 3.05) is 0 Å². The number of benzene rings is 1. The van der Waals surface area contributed by atoms with Gasteiger partial charge in [0.15, 0.2) is 5.78 Å². The number of carbonyl (C=O) groups is 1. The minimum Gasteiger partial charge on any atom is -0.299 e. The van der Waals surface area contributed by atoms with E-state index in [1.165, 1.54) is 0 Å². The van der Waals surface area contributed by atoms with E-state index in [9.17, 15) is 4.79 Å². The van der Waals surface area contributed by atoms with Crippen molar-refractivity contribution in [3.05, 3.63) is 35.9 Å². The van der Waals surface area contributed by atoms with Gasteiger partial charge in [-0.25, -0.2) is 0 Å². The number of ketones is 1. The zero-order valence-electron chi connectivity index (χ0n) is 7.87. The molecule has 1 heterocycles. The van der Waals surface area contributed by atoms with Gasteiger partial charge in [-0.15, -0.1) is 0 Å². The largest absolute Gasteiger partial charge is 0.299 e. The molecular formula is C11H13NO. The lowest BCUT2D eigenvalue weighted by Gasteiger charge is -1.99. The van der Waals surface area contributed by atoms with Gasteiger partial charge in [0.1, 0.15) is 0 Å². The van der Waals surface area contributed by atoms with Crippen molar-refractivity contribution in [3.63, 3.8) is 0 Å². The first-order chi connectivity index (χ1) is 6.11.